The minimum Gasteiger partial charge on any atom is -0.424 e. The lowest BCUT2D eigenvalue weighted by Gasteiger charge is -2.16. The zero-order valence-corrected chi connectivity index (χ0v) is 14.9. The third-order valence-electron chi connectivity index (χ3n) is 3.76. The van der Waals surface area contributed by atoms with Gasteiger partial charge in [-0.3, -0.25) is 14.2 Å². The summed E-state index contributed by atoms with van der Waals surface area (Å²) in [5, 5.41) is 0.252. The van der Waals surface area contributed by atoms with Crippen molar-refractivity contribution in [3.8, 4) is 11.4 Å². The van der Waals surface area contributed by atoms with Crippen LogP contribution in [0.5, 0.6) is 5.75 Å². The molecule has 140 valence electrons. The van der Waals surface area contributed by atoms with Gasteiger partial charge in [0.1, 0.15) is 5.69 Å². The fourth-order valence-corrected chi connectivity index (χ4v) is 2.79. The highest BCUT2D eigenvalue weighted by Crippen LogP contribution is 2.32. The van der Waals surface area contributed by atoms with Crippen LogP contribution in [0, 0.1) is 6.92 Å². The molecule has 0 N–H and O–H groups in total. The molecule has 0 saturated heterocycles. The van der Waals surface area contributed by atoms with E-state index in [0.717, 1.165) is 22.8 Å². The monoisotopic (exact) mass is 396 g/mol. The lowest BCUT2D eigenvalue weighted by atomic mass is 10.1. The number of aromatic nitrogens is 2. The van der Waals surface area contributed by atoms with Crippen molar-refractivity contribution >= 4 is 28.6 Å². The first kappa shape index (κ1) is 18.9. The number of esters is 1. The number of benzene rings is 2. The number of carbonyl (C=O) groups is 1. The normalized spacial score (nSPS) is 11.6. The zero-order chi connectivity index (χ0) is 19.9. The zero-order valence-electron chi connectivity index (χ0n) is 14.1. The van der Waals surface area contributed by atoms with E-state index < -0.39 is 23.3 Å². The molecule has 0 spiro atoms. The van der Waals surface area contributed by atoms with Gasteiger partial charge in [-0.1, -0.05) is 11.6 Å². The number of ether oxygens (including phenoxy) is 1. The lowest BCUT2D eigenvalue weighted by Crippen LogP contribution is -2.23. The van der Waals surface area contributed by atoms with Gasteiger partial charge in [-0.05, 0) is 43.3 Å². The Hall–Kier alpha value is -2.87. The molecule has 0 saturated carbocycles. The Kier molecular flexibility index (Phi) is 4.69. The van der Waals surface area contributed by atoms with Gasteiger partial charge in [0.2, 0.25) is 0 Å². The van der Waals surface area contributed by atoms with Crippen LogP contribution in [0.15, 0.2) is 41.2 Å². The molecular formula is C18H12ClF3N2O3. The van der Waals surface area contributed by atoms with Crippen molar-refractivity contribution in [2.45, 2.75) is 20.0 Å². The summed E-state index contributed by atoms with van der Waals surface area (Å²) in [5.74, 6) is -0.582. The van der Waals surface area contributed by atoms with Crippen molar-refractivity contribution in [3.05, 3.63) is 63.0 Å². The number of fused-ring (bicyclic) bond motifs is 1. The topological polar surface area (TPSA) is 61.2 Å². The van der Waals surface area contributed by atoms with Crippen LogP contribution in [0.25, 0.3) is 16.7 Å². The van der Waals surface area contributed by atoms with Crippen molar-refractivity contribution in [1.82, 2.24) is 9.55 Å². The molecular weight excluding hydrogens is 385 g/mol. The van der Waals surface area contributed by atoms with Crippen molar-refractivity contribution in [2.75, 3.05) is 0 Å². The van der Waals surface area contributed by atoms with Gasteiger partial charge < -0.3 is 4.74 Å². The minimum absolute atomic E-state index is 0.0180. The van der Waals surface area contributed by atoms with Gasteiger partial charge in [-0.15, -0.1) is 0 Å². The van der Waals surface area contributed by atoms with Crippen molar-refractivity contribution in [1.29, 1.82) is 0 Å². The summed E-state index contributed by atoms with van der Waals surface area (Å²) >= 11 is 6.01. The van der Waals surface area contributed by atoms with Gasteiger partial charge in [0.05, 0.1) is 22.3 Å². The van der Waals surface area contributed by atoms with E-state index in [9.17, 15) is 22.8 Å². The van der Waals surface area contributed by atoms with Crippen LogP contribution in [-0.4, -0.2) is 15.5 Å². The third-order valence-corrected chi connectivity index (χ3v) is 4.00. The number of aryl methyl sites for hydroxylation is 1. The molecule has 5 nitrogen and oxygen atoms in total. The molecule has 0 amide bonds. The van der Waals surface area contributed by atoms with E-state index >= 15 is 0 Å². The van der Waals surface area contributed by atoms with Crippen molar-refractivity contribution < 1.29 is 22.7 Å². The Balaban J connectivity index is 2.38. The highest BCUT2D eigenvalue weighted by Gasteiger charge is 2.31. The second-order valence-electron chi connectivity index (χ2n) is 5.74. The molecule has 3 aromatic rings. The Morgan fingerprint density at radius 1 is 1.19 bits per heavy atom. The maximum Gasteiger partial charge on any atom is 0.416 e. The summed E-state index contributed by atoms with van der Waals surface area (Å²) < 4.78 is 45.3. The number of alkyl halides is 3. The summed E-state index contributed by atoms with van der Waals surface area (Å²) in [7, 11) is 0. The fraction of sp³-hybridized carbons (Fsp3) is 0.167. The predicted molar refractivity (Wildman–Crippen MR) is 93.4 cm³/mol. The van der Waals surface area contributed by atoms with Crippen LogP contribution >= 0.6 is 11.6 Å². The minimum atomic E-state index is -4.55. The Morgan fingerprint density at radius 2 is 1.89 bits per heavy atom. The standard InChI is InChI=1S/C18H12ClF3N2O3/c1-9-17(26)24(15-8-12(19)4-6-16(15)27-10(2)25)14-5-3-11(18(20,21)22)7-13(14)23-9/h3-8H,1-2H3. The van der Waals surface area contributed by atoms with Gasteiger partial charge in [-0.2, -0.15) is 13.2 Å². The highest BCUT2D eigenvalue weighted by molar-refractivity contribution is 6.30. The third kappa shape index (κ3) is 3.66. The molecule has 0 aliphatic heterocycles. The second kappa shape index (κ2) is 6.70. The molecule has 0 fully saturated rings. The van der Waals surface area contributed by atoms with Crippen LogP contribution in [0.3, 0.4) is 0 Å². The van der Waals surface area contributed by atoms with Crippen LogP contribution in [-0.2, 0) is 11.0 Å². The van der Waals surface area contributed by atoms with Gasteiger partial charge in [0.25, 0.3) is 5.56 Å². The first-order valence-electron chi connectivity index (χ1n) is 7.67. The van der Waals surface area contributed by atoms with Crippen LogP contribution in [0.4, 0.5) is 13.2 Å². The maximum atomic E-state index is 13.0. The van der Waals surface area contributed by atoms with E-state index in [1.807, 2.05) is 0 Å². The van der Waals surface area contributed by atoms with E-state index in [2.05, 4.69) is 4.98 Å². The molecule has 2 aromatic carbocycles. The van der Waals surface area contributed by atoms with E-state index in [1.54, 1.807) is 0 Å². The lowest BCUT2D eigenvalue weighted by molar-refractivity contribution is -0.137. The highest BCUT2D eigenvalue weighted by atomic mass is 35.5. The number of nitrogens with zero attached hydrogens (tertiary/aromatic N) is 2. The largest absolute Gasteiger partial charge is 0.424 e. The Morgan fingerprint density at radius 3 is 2.52 bits per heavy atom. The molecule has 0 aliphatic carbocycles. The number of rotatable bonds is 2. The molecule has 0 atom stereocenters. The second-order valence-corrected chi connectivity index (χ2v) is 6.18. The van der Waals surface area contributed by atoms with Crippen LogP contribution < -0.4 is 10.3 Å². The maximum absolute atomic E-state index is 13.0. The Bertz CT molecular complexity index is 1120. The van der Waals surface area contributed by atoms with Gasteiger partial charge in [0.15, 0.2) is 5.75 Å². The molecule has 0 bridgehead atoms. The molecule has 9 heteroatoms. The number of hydrogen-bond donors (Lipinski definition) is 0. The van der Waals surface area contributed by atoms with Gasteiger partial charge >= 0.3 is 12.1 Å². The number of halogens is 4. The molecule has 0 radical (unpaired) electrons. The van der Waals surface area contributed by atoms with Crippen LogP contribution in [0.1, 0.15) is 18.2 Å². The quantitative estimate of drug-likeness (QED) is 0.479. The van der Waals surface area contributed by atoms with Crippen LogP contribution in [0.2, 0.25) is 5.02 Å². The summed E-state index contributed by atoms with van der Waals surface area (Å²) in [6.45, 7) is 2.57. The smallest absolute Gasteiger partial charge is 0.416 e. The Labute approximate surface area is 156 Å². The molecule has 1 heterocycles. The summed E-state index contributed by atoms with van der Waals surface area (Å²) in [4.78, 5) is 28.1. The van der Waals surface area contributed by atoms with E-state index in [1.165, 1.54) is 32.0 Å². The molecule has 0 aliphatic rings. The SMILES string of the molecule is CC(=O)Oc1ccc(Cl)cc1-n1c(=O)c(C)nc2cc(C(F)(F)F)ccc21. The predicted octanol–water partition coefficient (Wildman–Crippen LogP) is 4.29. The van der Waals surface area contributed by atoms with E-state index in [-0.39, 0.29) is 33.2 Å². The summed E-state index contributed by atoms with van der Waals surface area (Å²) in [5.41, 5.74) is -1.27. The first-order valence-corrected chi connectivity index (χ1v) is 8.04. The van der Waals surface area contributed by atoms with E-state index in [0.29, 0.717) is 0 Å². The van der Waals surface area contributed by atoms with Crippen molar-refractivity contribution in [3.63, 3.8) is 0 Å². The summed E-state index contributed by atoms with van der Waals surface area (Å²) in [6.07, 6.45) is -4.55. The molecule has 1 aromatic heterocycles. The van der Waals surface area contributed by atoms with E-state index in [4.69, 9.17) is 16.3 Å². The molecule has 3 rings (SSSR count). The average molecular weight is 397 g/mol. The number of carbonyl (C=O) groups excluding carboxylic acids is 1. The molecule has 0 unspecified atom stereocenters. The number of hydrogen-bond acceptors (Lipinski definition) is 4. The average Bonchev–Trinajstić information content (AvgIpc) is 2.56. The molecule has 27 heavy (non-hydrogen) atoms. The van der Waals surface area contributed by atoms with Gasteiger partial charge in [-0.25, -0.2) is 4.98 Å². The fourth-order valence-electron chi connectivity index (χ4n) is 2.62. The van der Waals surface area contributed by atoms with Crippen molar-refractivity contribution in [2.24, 2.45) is 0 Å². The first-order chi connectivity index (χ1) is 12.6. The summed E-state index contributed by atoms with van der Waals surface area (Å²) in [6, 6.07) is 7.10. The van der Waals surface area contributed by atoms with Gasteiger partial charge in [0, 0.05) is 11.9 Å².